The largest absolute Gasteiger partial charge is 0.451 e. The summed E-state index contributed by atoms with van der Waals surface area (Å²) in [6.45, 7) is 2.16. The molecule has 0 unspecified atom stereocenters. The number of carbonyl (C=O) groups is 2. The Morgan fingerprint density at radius 3 is 2.87 bits per heavy atom. The minimum absolute atomic E-state index is 0.335. The summed E-state index contributed by atoms with van der Waals surface area (Å²) in [4.78, 5) is 32.5. The number of aryl methyl sites for hydroxylation is 1. The quantitative estimate of drug-likeness (QED) is 0.608. The van der Waals surface area contributed by atoms with Crippen LogP contribution in [-0.4, -0.2) is 48.7 Å². The molecule has 0 aliphatic carbocycles. The Morgan fingerprint density at radius 2 is 2.17 bits per heavy atom. The number of ether oxygens (including phenoxy) is 2. The van der Waals surface area contributed by atoms with Crippen molar-refractivity contribution in [2.45, 2.75) is 6.92 Å². The zero-order valence-electron chi connectivity index (χ0n) is 12.9. The molecule has 2 aromatic heterocycles. The van der Waals surface area contributed by atoms with Crippen molar-refractivity contribution >= 4 is 23.2 Å². The fourth-order valence-electron chi connectivity index (χ4n) is 1.72. The van der Waals surface area contributed by atoms with Gasteiger partial charge in [0.25, 0.3) is 5.91 Å². The van der Waals surface area contributed by atoms with E-state index in [4.69, 9.17) is 9.47 Å². The summed E-state index contributed by atoms with van der Waals surface area (Å²) in [7, 11) is 1.54. The van der Waals surface area contributed by atoms with E-state index < -0.39 is 5.97 Å². The number of aromatic nitrogens is 2. The number of methoxy groups -OCH3 is 1. The SMILES string of the molecule is COCCNC(=O)COC(=O)c1sc(-c2ccccn2)nc1C. The lowest BCUT2D eigenvalue weighted by molar-refractivity contribution is -0.124. The van der Waals surface area contributed by atoms with Crippen molar-refractivity contribution in [3.63, 3.8) is 0 Å². The Bertz CT molecular complexity index is 673. The van der Waals surface area contributed by atoms with Gasteiger partial charge >= 0.3 is 5.97 Å². The molecular formula is C15H17N3O4S. The second kappa shape index (κ2) is 8.35. The predicted octanol–water partition coefficient (Wildman–Crippen LogP) is 1.43. The Labute approximate surface area is 137 Å². The maximum absolute atomic E-state index is 12.1. The number of esters is 1. The second-order valence-electron chi connectivity index (χ2n) is 4.57. The number of amides is 1. The highest BCUT2D eigenvalue weighted by Gasteiger charge is 2.18. The van der Waals surface area contributed by atoms with E-state index in [1.54, 1.807) is 19.2 Å². The van der Waals surface area contributed by atoms with Gasteiger partial charge in [0.2, 0.25) is 0 Å². The van der Waals surface area contributed by atoms with Gasteiger partial charge in [0.15, 0.2) is 6.61 Å². The van der Waals surface area contributed by atoms with Crippen molar-refractivity contribution in [3.8, 4) is 10.7 Å². The molecule has 122 valence electrons. The lowest BCUT2D eigenvalue weighted by Crippen LogP contribution is -2.31. The lowest BCUT2D eigenvalue weighted by atomic mass is 10.3. The molecule has 0 bridgehead atoms. The molecule has 0 aliphatic rings. The first-order valence-electron chi connectivity index (χ1n) is 6.93. The third-order valence-electron chi connectivity index (χ3n) is 2.83. The highest BCUT2D eigenvalue weighted by Crippen LogP contribution is 2.26. The standard InChI is InChI=1S/C15H17N3O4S/c1-10-13(15(20)22-9-12(19)17-7-8-21-2)23-14(18-10)11-5-3-4-6-16-11/h3-6H,7-9H2,1-2H3,(H,17,19). The van der Waals surface area contributed by atoms with E-state index in [1.807, 2.05) is 12.1 Å². The number of nitrogens with zero attached hydrogens (tertiary/aromatic N) is 2. The maximum Gasteiger partial charge on any atom is 0.350 e. The fourth-order valence-corrected chi connectivity index (χ4v) is 2.66. The van der Waals surface area contributed by atoms with E-state index in [0.29, 0.717) is 34.4 Å². The summed E-state index contributed by atoms with van der Waals surface area (Å²) >= 11 is 1.19. The molecule has 0 fully saturated rings. The molecule has 0 spiro atoms. The van der Waals surface area contributed by atoms with Crippen LogP contribution in [-0.2, 0) is 14.3 Å². The molecule has 0 radical (unpaired) electrons. The van der Waals surface area contributed by atoms with Crippen LogP contribution in [0.4, 0.5) is 0 Å². The van der Waals surface area contributed by atoms with E-state index in [0.717, 1.165) is 0 Å². The van der Waals surface area contributed by atoms with Crippen LogP contribution in [0.5, 0.6) is 0 Å². The molecule has 8 heteroatoms. The van der Waals surface area contributed by atoms with Gasteiger partial charge in [0, 0.05) is 19.9 Å². The molecule has 0 aromatic carbocycles. The molecule has 2 heterocycles. The molecular weight excluding hydrogens is 318 g/mol. The van der Waals surface area contributed by atoms with Gasteiger partial charge in [-0.1, -0.05) is 6.07 Å². The maximum atomic E-state index is 12.1. The molecule has 0 atom stereocenters. The van der Waals surface area contributed by atoms with Gasteiger partial charge in [0.1, 0.15) is 9.88 Å². The summed E-state index contributed by atoms with van der Waals surface area (Å²) in [6.07, 6.45) is 1.66. The summed E-state index contributed by atoms with van der Waals surface area (Å²) < 4.78 is 9.82. The van der Waals surface area contributed by atoms with E-state index in [2.05, 4.69) is 15.3 Å². The number of pyridine rings is 1. The minimum Gasteiger partial charge on any atom is -0.451 e. The second-order valence-corrected chi connectivity index (χ2v) is 5.57. The smallest absolute Gasteiger partial charge is 0.350 e. The van der Waals surface area contributed by atoms with E-state index in [-0.39, 0.29) is 12.5 Å². The van der Waals surface area contributed by atoms with Gasteiger partial charge in [0.05, 0.1) is 18.0 Å². The monoisotopic (exact) mass is 335 g/mol. The molecule has 2 rings (SSSR count). The topological polar surface area (TPSA) is 90.4 Å². The number of thiazole rings is 1. The molecule has 0 saturated heterocycles. The summed E-state index contributed by atoms with van der Waals surface area (Å²) in [6, 6.07) is 5.47. The number of carbonyl (C=O) groups excluding carboxylic acids is 2. The van der Waals surface area contributed by atoms with E-state index in [9.17, 15) is 9.59 Å². The molecule has 23 heavy (non-hydrogen) atoms. The normalized spacial score (nSPS) is 10.3. The zero-order valence-corrected chi connectivity index (χ0v) is 13.7. The van der Waals surface area contributed by atoms with Gasteiger partial charge in [-0.25, -0.2) is 9.78 Å². The highest BCUT2D eigenvalue weighted by atomic mass is 32.1. The molecule has 1 amide bonds. The number of hydrogen-bond acceptors (Lipinski definition) is 7. The average Bonchev–Trinajstić information content (AvgIpc) is 2.96. The first-order chi connectivity index (χ1) is 11.1. The van der Waals surface area contributed by atoms with Gasteiger partial charge in [-0.15, -0.1) is 11.3 Å². The first-order valence-corrected chi connectivity index (χ1v) is 7.75. The predicted molar refractivity (Wildman–Crippen MR) is 85.3 cm³/mol. The molecule has 0 saturated carbocycles. The summed E-state index contributed by atoms with van der Waals surface area (Å²) in [5.41, 5.74) is 1.25. The number of hydrogen-bond donors (Lipinski definition) is 1. The van der Waals surface area contributed by atoms with Crippen LogP contribution in [0.15, 0.2) is 24.4 Å². The van der Waals surface area contributed by atoms with Crippen molar-refractivity contribution in [2.24, 2.45) is 0 Å². The van der Waals surface area contributed by atoms with Gasteiger partial charge in [-0.3, -0.25) is 9.78 Å². The Hall–Kier alpha value is -2.32. The third-order valence-corrected chi connectivity index (χ3v) is 3.99. The van der Waals surface area contributed by atoms with Crippen molar-refractivity contribution in [2.75, 3.05) is 26.9 Å². The van der Waals surface area contributed by atoms with Crippen LogP contribution in [0, 0.1) is 6.92 Å². The Kier molecular flexibility index (Phi) is 6.19. The Balaban J connectivity index is 1.95. The lowest BCUT2D eigenvalue weighted by Gasteiger charge is -2.05. The van der Waals surface area contributed by atoms with Crippen molar-refractivity contribution in [3.05, 3.63) is 35.0 Å². The zero-order chi connectivity index (χ0) is 16.7. The number of rotatable bonds is 7. The van der Waals surface area contributed by atoms with Gasteiger partial charge in [-0.05, 0) is 19.1 Å². The molecule has 2 aromatic rings. The van der Waals surface area contributed by atoms with Crippen LogP contribution in [0.2, 0.25) is 0 Å². The Morgan fingerprint density at radius 1 is 1.35 bits per heavy atom. The van der Waals surface area contributed by atoms with E-state index >= 15 is 0 Å². The van der Waals surface area contributed by atoms with Crippen molar-refractivity contribution in [1.82, 2.24) is 15.3 Å². The molecule has 7 nitrogen and oxygen atoms in total. The van der Waals surface area contributed by atoms with Crippen LogP contribution in [0.25, 0.3) is 10.7 Å². The fraction of sp³-hybridized carbons (Fsp3) is 0.333. The molecule has 0 aliphatic heterocycles. The van der Waals surface area contributed by atoms with Crippen LogP contribution < -0.4 is 5.32 Å². The summed E-state index contributed by atoms with van der Waals surface area (Å²) in [5, 5.41) is 3.21. The minimum atomic E-state index is -0.566. The van der Waals surface area contributed by atoms with Crippen LogP contribution >= 0.6 is 11.3 Å². The average molecular weight is 335 g/mol. The van der Waals surface area contributed by atoms with Crippen molar-refractivity contribution < 1.29 is 19.1 Å². The van der Waals surface area contributed by atoms with E-state index in [1.165, 1.54) is 18.4 Å². The molecule has 1 N–H and O–H groups in total. The highest BCUT2D eigenvalue weighted by molar-refractivity contribution is 7.17. The van der Waals surface area contributed by atoms with Gasteiger partial charge < -0.3 is 14.8 Å². The first kappa shape index (κ1) is 17.0. The number of nitrogens with one attached hydrogen (secondary N) is 1. The summed E-state index contributed by atoms with van der Waals surface area (Å²) in [5.74, 6) is -0.938. The van der Waals surface area contributed by atoms with Crippen molar-refractivity contribution in [1.29, 1.82) is 0 Å². The van der Waals surface area contributed by atoms with Crippen LogP contribution in [0.1, 0.15) is 15.4 Å². The third kappa shape index (κ3) is 4.83. The van der Waals surface area contributed by atoms with Crippen LogP contribution in [0.3, 0.4) is 0 Å². The van der Waals surface area contributed by atoms with Gasteiger partial charge in [-0.2, -0.15) is 0 Å².